The highest BCUT2D eigenvalue weighted by atomic mass is 35.5. The number of aliphatic carboxylic acids is 1. The van der Waals surface area contributed by atoms with Gasteiger partial charge in [-0.1, -0.05) is 41.9 Å². The number of carbonyl (C=O) groups is 1. The van der Waals surface area contributed by atoms with Crippen LogP contribution in [0.15, 0.2) is 60.7 Å². The van der Waals surface area contributed by atoms with Crippen molar-refractivity contribution in [1.29, 1.82) is 0 Å². The lowest BCUT2D eigenvalue weighted by atomic mass is 9.94. The van der Waals surface area contributed by atoms with Crippen molar-refractivity contribution in [3.05, 3.63) is 82.4 Å². The van der Waals surface area contributed by atoms with E-state index in [1.807, 2.05) is 53.4 Å². The summed E-state index contributed by atoms with van der Waals surface area (Å²) >= 11 is 6.39. The number of carboxylic acid groups (broad SMARTS) is 1. The fourth-order valence-electron chi connectivity index (χ4n) is 4.76. The van der Waals surface area contributed by atoms with Crippen LogP contribution in [0.2, 0.25) is 5.02 Å². The van der Waals surface area contributed by atoms with Gasteiger partial charge in [0.15, 0.2) is 11.5 Å². The Hall–Kier alpha value is -3.42. The summed E-state index contributed by atoms with van der Waals surface area (Å²) in [5.41, 5.74) is 2.55. The predicted molar refractivity (Wildman–Crippen MR) is 138 cm³/mol. The molecule has 0 radical (unpaired) electrons. The van der Waals surface area contributed by atoms with E-state index >= 15 is 0 Å². The van der Waals surface area contributed by atoms with Crippen molar-refractivity contribution in [1.82, 2.24) is 4.90 Å². The Balaban J connectivity index is 1.83. The number of hydrogen-bond donors (Lipinski definition) is 1. The van der Waals surface area contributed by atoms with Gasteiger partial charge in [0, 0.05) is 17.1 Å². The van der Waals surface area contributed by atoms with E-state index in [9.17, 15) is 9.90 Å². The van der Waals surface area contributed by atoms with Crippen LogP contribution in [0, 0.1) is 0 Å². The lowest BCUT2D eigenvalue weighted by molar-refractivity contribution is -0.142. The number of benzene rings is 3. The van der Waals surface area contributed by atoms with Crippen LogP contribution in [-0.4, -0.2) is 49.9 Å². The Bertz CT molecular complexity index is 1180. The Labute approximate surface area is 216 Å². The maximum atomic E-state index is 12.2. The quantitative estimate of drug-likeness (QED) is 0.380. The molecule has 0 spiro atoms. The molecule has 0 amide bonds. The van der Waals surface area contributed by atoms with Gasteiger partial charge in [0.1, 0.15) is 18.4 Å². The van der Waals surface area contributed by atoms with Gasteiger partial charge in [0.05, 0.1) is 27.4 Å². The molecule has 3 aromatic rings. The number of halogens is 1. The second-order valence-electron chi connectivity index (χ2n) is 8.55. The number of methoxy groups -OCH3 is 3. The molecule has 1 heterocycles. The molecule has 1 aliphatic rings. The summed E-state index contributed by atoms with van der Waals surface area (Å²) in [6.07, 6.45) is 1.32. The van der Waals surface area contributed by atoms with Crippen LogP contribution >= 0.6 is 11.6 Å². The zero-order valence-corrected chi connectivity index (χ0v) is 21.3. The molecule has 8 heteroatoms. The van der Waals surface area contributed by atoms with Crippen molar-refractivity contribution < 1.29 is 28.8 Å². The highest BCUT2D eigenvalue weighted by Gasteiger charge is 2.38. The number of rotatable bonds is 10. The summed E-state index contributed by atoms with van der Waals surface area (Å²) in [6.45, 7) is 0.944. The van der Waals surface area contributed by atoms with Crippen LogP contribution in [-0.2, 0) is 11.4 Å². The maximum Gasteiger partial charge on any atom is 0.320 e. The molecule has 4 rings (SSSR count). The summed E-state index contributed by atoms with van der Waals surface area (Å²) in [5, 5.41) is 10.5. The largest absolute Gasteiger partial charge is 0.496 e. The molecule has 0 bridgehead atoms. The molecule has 0 aromatic heterocycles. The molecule has 1 saturated heterocycles. The number of nitrogens with zero attached hydrogens (tertiary/aromatic N) is 1. The van der Waals surface area contributed by atoms with Crippen molar-refractivity contribution in [2.75, 3.05) is 27.9 Å². The monoisotopic (exact) mass is 511 g/mol. The summed E-state index contributed by atoms with van der Waals surface area (Å²) in [6, 6.07) is 17.8. The van der Waals surface area contributed by atoms with E-state index in [2.05, 4.69) is 0 Å². The minimum atomic E-state index is -0.861. The summed E-state index contributed by atoms with van der Waals surface area (Å²) in [4.78, 5) is 14.1. The molecule has 0 aliphatic carbocycles. The van der Waals surface area contributed by atoms with E-state index in [0.717, 1.165) is 23.1 Å². The molecule has 1 aliphatic heterocycles. The van der Waals surface area contributed by atoms with E-state index < -0.39 is 18.1 Å². The predicted octanol–water partition coefficient (Wildman–Crippen LogP) is 5.58. The summed E-state index contributed by atoms with van der Waals surface area (Å²) < 4.78 is 23.2. The van der Waals surface area contributed by atoms with Gasteiger partial charge in [-0.3, -0.25) is 9.69 Å². The Morgan fingerprint density at radius 3 is 2.28 bits per heavy atom. The van der Waals surface area contributed by atoms with Crippen LogP contribution < -0.4 is 18.9 Å². The van der Waals surface area contributed by atoms with Crippen molar-refractivity contribution in [3.8, 4) is 23.0 Å². The van der Waals surface area contributed by atoms with E-state index in [0.29, 0.717) is 47.6 Å². The number of carboxylic acids is 1. The smallest absolute Gasteiger partial charge is 0.320 e. The van der Waals surface area contributed by atoms with Crippen LogP contribution in [0.25, 0.3) is 0 Å². The van der Waals surface area contributed by atoms with Gasteiger partial charge in [0.25, 0.3) is 0 Å². The van der Waals surface area contributed by atoms with Gasteiger partial charge in [-0.2, -0.15) is 0 Å². The molecule has 36 heavy (non-hydrogen) atoms. The van der Waals surface area contributed by atoms with Crippen molar-refractivity contribution in [2.45, 2.75) is 31.5 Å². The first kappa shape index (κ1) is 25.7. The first-order valence-electron chi connectivity index (χ1n) is 11.7. The number of hydrogen-bond acceptors (Lipinski definition) is 6. The number of likely N-dealkylation sites (tertiary alicyclic amines) is 1. The highest BCUT2D eigenvalue weighted by molar-refractivity contribution is 6.30. The van der Waals surface area contributed by atoms with Crippen molar-refractivity contribution in [2.24, 2.45) is 0 Å². The van der Waals surface area contributed by atoms with Gasteiger partial charge in [0.2, 0.25) is 5.75 Å². The van der Waals surface area contributed by atoms with Gasteiger partial charge < -0.3 is 24.1 Å². The summed E-state index contributed by atoms with van der Waals surface area (Å²) in [7, 11) is 4.72. The van der Waals surface area contributed by atoms with E-state index in [1.54, 1.807) is 33.5 Å². The topological polar surface area (TPSA) is 77.5 Å². The molecule has 7 nitrogen and oxygen atoms in total. The zero-order valence-electron chi connectivity index (χ0n) is 20.6. The average Bonchev–Trinajstić information content (AvgIpc) is 3.38. The molecular formula is C28H30ClNO6. The Morgan fingerprint density at radius 2 is 1.67 bits per heavy atom. The van der Waals surface area contributed by atoms with Crippen LogP contribution in [0.1, 0.15) is 35.6 Å². The Morgan fingerprint density at radius 1 is 1.00 bits per heavy atom. The van der Waals surface area contributed by atoms with Crippen LogP contribution in [0.5, 0.6) is 23.0 Å². The third-order valence-corrected chi connectivity index (χ3v) is 6.66. The zero-order chi connectivity index (χ0) is 25.7. The first-order valence-corrected chi connectivity index (χ1v) is 12.1. The maximum absolute atomic E-state index is 12.2. The van der Waals surface area contributed by atoms with E-state index in [4.69, 9.17) is 30.5 Å². The molecular weight excluding hydrogens is 482 g/mol. The van der Waals surface area contributed by atoms with Gasteiger partial charge >= 0.3 is 5.97 Å². The molecule has 2 unspecified atom stereocenters. The third-order valence-electron chi connectivity index (χ3n) is 6.42. The highest BCUT2D eigenvalue weighted by Crippen LogP contribution is 2.46. The first-order chi connectivity index (χ1) is 17.5. The lowest BCUT2D eigenvalue weighted by Crippen LogP contribution is -2.39. The van der Waals surface area contributed by atoms with Crippen molar-refractivity contribution >= 4 is 17.6 Å². The van der Waals surface area contributed by atoms with Gasteiger partial charge in [-0.25, -0.2) is 0 Å². The van der Waals surface area contributed by atoms with E-state index in [-0.39, 0.29) is 0 Å². The minimum Gasteiger partial charge on any atom is -0.496 e. The fourth-order valence-corrected chi connectivity index (χ4v) is 4.94. The third kappa shape index (κ3) is 5.37. The minimum absolute atomic E-state index is 0.339. The Kier molecular flexibility index (Phi) is 8.23. The fraction of sp³-hybridized carbons (Fsp3) is 0.321. The molecule has 1 N–H and O–H groups in total. The summed E-state index contributed by atoms with van der Waals surface area (Å²) in [5.74, 6) is 1.19. The normalized spacial score (nSPS) is 16.4. The van der Waals surface area contributed by atoms with E-state index in [1.165, 1.54) is 0 Å². The van der Waals surface area contributed by atoms with Crippen LogP contribution in [0.3, 0.4) is 0 Å². The van der Waals surface area contributed by atoms with Crippen LogP contribution in [0.4, 0.5) is 0 Å². The van der Waals surface area contributed by atoms with Crippen molar-refractivity contribution in [3.63, 3.8) is 0 Å². The second-order valence-corrected chi connectivity index (χ2v) is 8.99. The molecule has 2 atom stereocenters. The average molecular weight is 512 g/mol. The number of ether oxygens (including phenoxy) is 4. The van der Waals surface area contributed by atoms with Gasteiger partial charge in [-0.15, -0.1) is 0 Å². The van der Waals surface area contributed by atoms with Gasteiger partial charge in [-0.05, 0) is 54.3 Å². The molecule has 3 aromatic carbocycles. The molecule has 0 saturated carbocycles. The standard InChI is InChI=1S/C28H30ClNO6/c1-33-23-12-11-20(29)16-21(23)26(30-13-7-10-22(30)28(31)32)19-14-24(34-2)27(25(15-19)35-3)36-17-18-8-5-4-6-9-18/h4-6,8-9,11-12,14-16,22,26H,7,10,13,17H2,1-3H3,(H,31,32). The lowest BCUT2D eigenvalue weighted by Gasteiger charge is -2.33. The molecule has 190 valence electrons. The molecule has 1 fully saturated rings. The SMILES string of the molecule is COc1ccc(Cl)cc1C(c1cc(OC)c(OCc2ccccc2)c(OC)c1)N1CCCC1C(=O)O. The second kappa shape index (κ2) is 11.5.